The molecule has 4 atom stereocenters. The van der Waals surface area contributed by atoms with E-state index in [1.54, 1.807) is 0 Å². The lowest BCUT2D eigenvalue weighted by molar-refractivity contribution is 0.262. The Balaban J connectivity index is 1.70. The fourth-order valence-electron chi connectivity index (χ4n) is 3.63. The van der Waals surface area contributed by atoms with Crippen LogP contribution in [0, 0.1) is 5.92 Å². The van der Waals surface area contributed by atoms with Crippen molar-refractivity contribution < 1.29 is 0 Å². The van der Waals surface area contributed by atoms with Crippen LogP contribution in [0.4, 0.5) is 0 Å². The van der Waals surface area contributed by atoms with Gasteiger partial charge in [0.15, 0.2) is 0 Å². The zero-order valence-corrected chi connectivity index (χ0v) is 12.4. The summed E-state index contributed by atoms with van der Waals surface area (Å²) < 4.78 is 0. The molecule has 0 heterocycles. The monoisotopic (exact) mass is 255 g/mol. The SMILES string of the molecule is CCSC1CCC(NC2CCCC(CC)C2)C1. The van der Waals surface area contributed by atoms with E-state index in [2.05, 4.69) is 30.9 Å². The second-order valence-corrected chi connectivity index (χ2v) is 7.47. The quantitative estimate of drug-likeness (QED) is 0.789. The normalized spacial score (nSPS) is 38.5. The molecule has 1 N–H and O–H groups in total. The summed E-state index contributed by atoms with van der Waals surface area (Å²) in [6, 6.07) is 1.67. The summed E-state index contributed by atoms with van der Waals surface area (Å²) in [5, 5.41) is 4.90. The highest BCUT2D eigenvalue weighted by Gasteiger charge is 2.28. The summed E-state index contributed by atoms with van der Waals surface area (Å²) in [6.07, 6.45) is 11.5. The van der Waals surface area contributed by atoms with E-state index in [1.165, 1.54) is 57.1 Å². The Morgan fingerprint density at radius 1 is 1.00 bits per heavy atom. The summed E-state index contributed by atoms with van der Waals surface area (Å²) in [6.45, 7) is 4.65. The Morgan fingerprint density at radius 2 is 1.82 bits per heavy atom. The van der Waals surface area contributed by atoms with Gasteiger partial charge in [0.1, 0.15) is 0 Å². The van der Waals surface area contributed by atoms with Crippen molar-refractivity contribution in [1.82, 2.24) is 5.32 Å². The first-order valence-electron chi connectivity index (χ1n) is 7.69. The number of rotatable bonds is 5. The molecule has 0 radical (unpaired) electrons. The fraction of sp³-hybridized carbons (Fsp3) is 1.00. The van der Waals surface area contributed by atoms with Gasteiger partial charge in [0.25, 0.3) is 0 Å². The van der Waals surface area contributed by atoms with Crippen LogP contribution >= 0.6 is 11.8 Å². The van der Waals surface area contributed by atoms with E-state index in [9.17, 15) is 0 Å². The first kappa shape index (κ1) is 13.7. The molecule has 0 spiro atoms. The van der Waals surface area contributed by atoms with Gasteiger partial charge < -0.3 is 5.32 Å². The summed E-state index contributed by atoms with van der Waals surface area (Å²) in [7, 11) is 0. The number of thioether (sulfide) groups is 1. The smallest absolute Gasteiger partial charge is 0.00805 e. The van der Waals surface area contributed by atoms with Crippen molar-refractivity contribution in [3.05, 3.63) is 0 Å². The molecule has 17 heavy (non-hydrogen) atoms. The van der Waals surface area contributed by atoms with Crippen molar-refractivity contribution in [2.24, 2.45) is 5.92 Å². The van der Waals surface area contributed by atoms with E-state index in [1.807, 2.05) is 0 Å². The molecule has 0 bridgehead atoms. The Morgan fingerprint density at radius 3 is 2.59 bits per heavy atom. The first-order valence-corrected chi connectivity index (χ1v) is 8.74. The summed E-state index contributed by atoms with van der Waals surface area (Å²) in [4.78, 5) is 0. The van der Waals surface area contributed by atoms with E-state index in [-0.39, 0.29) is 0 Å². The molecule has 0 amide bonds. The van der Waals surface area contributed by atoms with Crippen LogP contribution in [-0.2, 0) is 0 Å². The molecule has 2 aliphatic carbocycles. The largest absolute Gasteiger partial charge is 0.311 e. The molecule has 2 saturated carbocycles. The molecule has 4 unspecified atom stereocenters. The highest BCUT2D eigenvalue weighted by molar-refractivity contribution is 7.99. The molecular weight excluding hydrogens is 226 g/mol. The van der Waals surface area contributed by atoms with Gasteiger partial charge in [-0.1, -0.05) is 33.1 Å². The van der Waals surface area contributed by atoms with Gasteiger partial charge in [-0.25, -0.2) is 0 Å². The molecule has 0 aromatic rings. The van der Waals surface area contributed by atoms with Crippen molar-refractivity contribution in [2.75, 3.05) is 5.75 Å². The van der Waals surface area contributed by atoms with Crippen LogP contribution in [0.15, 0.2) is 0 Å². The summed E-state index contributed by atoms with van der Waals surface area (Å²) >= 11 is 2.17. The standard InChI is InChI=1S/C15H29NS/c1-3-12-6-5-7-13(10-12)16-14-8-9-15(11-14)17-4-2/h12-16H,3-11H2,1-2H3. The predicted molar refractivity (Wildman–Crippen MR) is 78.7 cm³/mol. The average Bonchev–Trinajstić information content (AvgIpc) is 2.77. The van der Waals surface area contributed by atoms with Crippen molar-refractivity contribution in [2.45, 2.75) is 82.5 Å². The molecule has 0 aromatic carbocycles. The molecule has 0 aliphatic heterocycles. The van der Waals surface area contributed by atoms with Crippen molar-refractivity contribution in [1.29, 1.82) is 0 Å². The van der Waals surface area contributed by atoms with Crippen LogP contribution < -0.4 is 5.32 Å². The van der Waals surface area contributed by atoms with Crippen LogP contribution in [0.2, 0.25) is 0 Å². The van der Waals surface area contributed by atoms with Crippen molar-refractivity contribution >= 4 is 11.8 Å². The van der Waals surface area contributed by atoms with Gasteiger partial charge in [-0.2, -0.15) is 11.8 Å². The first-order chi connectivity index (χ1) is 8.31. The third-order valence-corrected chi connectivity index (χ3v) is 5.85. The van der Waals surface area contributed by atoms with Crippen LogP contribution in [-0.4, -0.2) is 23.1 Å². The van der Waals surface area contributed by atoms with Crippen LogP contribution in [0.25, 0.3) is 0 Å². The van der Waals surface area contributed by atoms with E-state index >= 15 is 0 Å². The number of nitrogens with one attached hydrogen (secondary N) is 1. The topological polar surface area (TPSA) is 12.0 Å². The highest BCUT2D eigenvalue weighted by Crippen LogP contribution is 2.32. The van der Waals surface area contributed by atoms with Crippen LogP contribution in [0.1, 0.15) is 65.2 Å². The van der Waals surface area contributed by atoms with Crippen molar-refractivity contribution in [3.63, 3.8) is 0 Å². The lowest BCUT2D eigenvalue weighted by Crippen LogP contribution is -2.40. The fourth-order valence-corrected chi connectivity index (χ4v) is 4.77. The third kappa shape index (κ3) is 4.17. The Hall–Kier alpha value is 0.310. The molecule has 2 rings (SSSR count). The van der Waals surface area contributed by atoms with Crippen LogP contribution in [0.3, 0.4) is 0 Å². The molecule has 0 saturated heterocycles. The van der Waals surface area contributed by atoms with E-state index in [0.717, 1.165) is 23.3 Å². The Labute approximate surface area is 112 Å². The van der Waals surface area contributed by atoms with Gasteiger partial charge in [-0.05, 0) is 43.8 Å². The highest BCUT2D eigenvalue weighted by atomic mass is 32.2. The molecule has 0 aromatic heterocycles. The van der Waals surface area contributed by atoms with Crippen molar-refractivity contribution in [3.8, 4) is 0 Å². The predicted octanol–water partition coefficient (Wildman–Crippen LogP) is 4.22. The molecule has 100 valence electrons. The molecular formula is C15H29NS. The molecule has 2 heteroatoms. The Kier molecular flexibility index (Phi) is 5.68. The van der Waals surface area contributed by atoms with E-state index in [0.29, 0.717) is 0 Å². The lowest BCUT2D eigenvalue weighted by atomic mass is 9.84. The average molecular weight is 255 g/mol. The zero-order chi connectivity index (χ0) is 12.1. The third-order valence-electron chi connectivity index (χ3n) is 4.62. The number of hydrogen-bond donors (Lipinski definition) is 1. The minimum Gasteiger partial charge on any atom is -0.311 e. The van der Waals surface area contributed by atoms with E-state index < -0.39 is 0 Å². The maximum Gasteiger partial charge on any atom is 0.00805 e. The minimum atomic E-state index is 0.833. The zero-order valence-electron chi connectivity index (χ0n) is 11.6. The van der Waals surface area contributed by atoms with E-state index in [4.69, 9.17) is 0 Å². The number of hydrogen-bond acceptors (Lipinski definition) is 2. The molecule has 2 fully saturated rings. The molecule has 1 nitrogen and oxygen atoms in total. The summed E-state index contributed by atoms with van der Waals surface area (Å²) in [5.74, 6) is 2.29. The lowest BCUT2D eigenvalue weighted by Gasteiger charge is -2.31. The minimum absolute atomic E-state index is 0.833. The van der Waals surface area contributed by atoms with Gasteiger partial charge in [0, 0.05) is 17.3 Å². The maximum absolute atomic E-state index is 3.96. The van der Waals surface area contributed by atoms with Crippen LogP contribution in [0.5, 0.6) is 0 Å². The Bertz CT molecular complexity index is 219. The van der Waals surface area contributed by atoms with Gasteiger partial charge >= 0.3 is 0 Å². The van der Waals surface area contributed by atoms with Gasteiger partial charge in [-0.15, -0.1) is 0 Å². The molecule has 2 aliphatic rings. The second kappa shape index (κ2) is 7.04. The summed E-state index contributed by atoms with van der Waals surface area (Å²) in [5.41, 5.74) is 0. The van der Waals surface area contributed by atoms with Gasteiger partial charge in [-0.3, -0.25) is 0 Å². The second-order valence-electron chi connectivity index (χ2n) is 5.89. The van der Waals surface area contributed by atoms with Gasteiger partial charge in [0.2, 0.25) is 0 Å². The van der Waals surface area contributed by atoms with Gasteiger partial charge in [0.05, 0.1) is 0 Å². The maximum atomic E-state index is 3.96.